The van der Waals surface area contributed by atoms with Gasteiger partial charge in [-0.05, 0) is 23.8 Å². The molecule has 0 amide bonds. The molecule has 2 aromatic rings. The number of benzene rings is 2. The van der Waals surface area contributed by atoms with Gasteiger partial charge in [0.1, 0.15) is 11.6 Å². The zero-order valence-corrected chi connectivity index (χ0v) is 12.6. The van der Waals surface area contributed by atoms with Gasteiger partial charge in [0.15, 0.2) is 0 Å². The van der Waals surface area contributed by atoms with E-state index in [1.54, 1.807) is 24.9 Å². The fourth-order valence-corrected chi connectivity index (χ4v) is 3.08. The zero-order valence-electron chi connectivity index (χ0n) is 11.0. The topological polar surface area (TPSA) is 59.1 Å². The van der Waals surface area contributed by atoms with Gasteiger partial charge in [0.05, 0.1) is 7.11 Å². The number of amidine groups is 1. The van der Waals surface area contributed by atoms with Gasteiger partial charge in [0.2, 0.25) is 0 Å². The molecule has 0 heterocycles. The van der Waals surface area contributed by atoms with Crippen LogP contribution in [0, 0.1) is 5.41 Å². The molecule has 0 radical (unpaired) electrons. The van der Waals surface area contributed by atoms with Crippen molar-refractivity contribution in [1.29, 1.82) is 5.41 Å². The summed E-state index contributed by atoms with van der Waals surface area (Å²) >= 11 is 7.88. The van der Waals surface area contributed by atoms with Crippen LogP contribution in [0.15, 0.2) is 47.4 Å². The van der Waals surface area contributed by atoms with Gasteiger partial charge in [-0.1, -0.05) is 35.9 Å². The number of hydrogen-bond acceptors (Lipinski definition) is 3. The number of methoxy groups -OCH3 is 1. The molecule has 2 aromatic carbocycles. The Morgan fingerprint density at radius 3 is 2.70 bits per heavy atom. The fraction of sp³-hybridized carbons (Fsp3) is 0.133. The molecule has 0 unspecified atom stereocenters. The summed E-state index contributed by atoms with van der Waals surface area (Å²) in [5.41, 5.74) is 7.09. The SMILES string of the molecule is COc1ccccc1SCc1ccc(C(=N)N)cc1Cl. The molecule has 2 rings (SSSR count). The number of para-hydroxylation sites is 1. The molecular formula is C15H15ClN2OS. The van der Waals surface area contributed by atoms with Crippen molar-refractivity contribution in [2.45, 2.75) is 10.6 Å². The summed E-state index contributed by atoms with van der Waals surface area (Å²) in [5, 5.41) is 8.01. The molecule has 0 saturated carbocycles. The molecule has 0 aliphatic rings. The van der Waals surface area contributed by atoms with Gasteiger partial charge < -0.3 is 10.5 Å². The first-order chi connectivity index (χ1) is 9.61. The van der Waals surface area contributed by atoms with Crippen molar-refractivity contribution in [2.24, 2.45) is 5.73 Å². The largest absolute Gasteiger partial charge is 0.496 e. The molecule has 0 spiro atoms. The monoisotopic (exact) mass is 306 g/mol. The maximum Gasteiger partial charge on any atom is 0.132 e. The van der Waals surface area contributed by atoms with E-state index in [4.69, 9.17) is 27.5 Å². The second-order valence-corrected chi connectivity index (χ2v) is 5.58. The van der Waals surface area contributed by atoms with Crippen LogP contribution >= 0.6 is 23.4 Å². The lowest BCUT2D eigenvalue weighted by molar-refractivity contribution is 0.405. The van der Waals surface area contributed by atoms with E-state index < -0.39 is 0 Å². The van der Waals surface area contributed by atoms with E-state index in [0.29, 0.717) is 10.6 Å². The smallest absolute Gasteiger partial charge is 0.132 e. The van der Waals surface area contributed by atoms with Gasteiger partial charge in [-0.15, -0.1) is 11.8 Å². The highest BCUT2D eigenvalue weighted by Crippen LogP contribution is 2.33. The van der Waals surface area contributed by atoms with Crippen molar-refractivity contribution < 1.29 is 4.74 Å². The van der Waals surface area contributed by atoms with Crippen molar-refractivity contribution >= 4 is 29.2 Å². The summed E-state index contributed by atoms with van der Waals surface area (Å²) in [4.78, 5) is 1.07. The van der Waals surface area contributed by atoms with E-state index in [0.717, 1.165) is 22.0 Å². The number of nitrogens with two attached hydrogens (primary N) is 1. The van der Waals surface area contributed by atoms with E-state index >= 15 is 0 Å². The average Bonchev–Trinajstić information content (AvgIpc) is 2.46. The highest BCUT2D eigenvalue weighted by Gasteiger charge is 2.07. The van der Waals surface area contributed by atoms with Crippen LogP contribution in [-0.2, 0) is 5.75 Å². The molecule has 0 saturated heterocycles. The Kier molecular flexibility index (Phi) is 4.93. The Labute approximate surface area is 127 Å². The first-order valence-corrected chi connectivity index (χ1v) is 7.37. The third kappa shape index (κ3) is 3.46. The molecule has 3 nitrogen and oxygen atoms in total. The van der Waals surface area contributed by atoms with E-state index in [1.165, 1.54) is 0 Å². The standard InChI is InChI=1S/C15H15ClN2OS/c1-19-13-4-2-3-5-14(13)20-9-11-7-6-10(15(17)18)8-12(11)16/h2-8H,9H2,1H3,(H3,17,18). The van der Waals surface area contributed by atoms with Gasteiger partial charge in [-0.25, -0.2) is 0 Å². The van der Waals surface area contributed by atoms with Gasteiger partial charge in [0, 0.05) is 21.2 Å². The second-order valence-electron chi connectivity index (χ2n) is 4.16. The Bertz CT molecular complexity index is 631. The molecule has 20 heavy (non-hydrogen) atoms. The van der Waals surface area contributed by atoms with Gasteiger partial charge in [0.25, 0.3) is 0 Å². The van der Waals surface area contributed by atoms with E-state index in [9.17, 15) is 0 Å². The number of hydrogen-bond donors (Lipinski definition) is 2. The number of ether oxygens (including phenoxy) is 1. The fourth-order valence-electron chi connectivity index (χ4n) is 1.73. The molecule has 0 atom stereocenters. The average molecular weight is 307 g/mol. The van der Waals surface area contributed by atoms with Gasteiger partial charge >= 0.3 is 0 Å². The van der Waals surface area contributed by atoms with Crippen molar-refractivity contribution in [2.75, 3.05) is 7.11 Å². The summed E-state index contributed by atoms with van der Waals surface area (Å²) in [5.74, 6) is 1.61. The zero-order chi connectivity index (χ0) is 14.5. The van der Waals surface area contributed by atoms with Crippen LogP contribution in [0.25, 0.3) is 0 Å². The minimum atomic E-state index is 0.0239. The lowest BCUT2D eigenvalue weighted by atomic mass is 10.1. The minimum Gasteiger partial charge on any atom is -0.496 e. The Hall–Kier alpha value is -1.65. The molecule has 104 valence electrons. The van der Waals surface area contributed by atoms with Gasteiger partial charge in [-0.2, -0.15) is 0 Å². The third-order valence-corrected chi connectivity index (χ3v) is 4.27. The van der Waals surface area contributed by atoms with E-state index in [1.807, 2.05) is 36.4 Å². The minimum absolute atomic E-state index is 0.0239. The van der Waals surface area contributed by atoms with Crippen molar-refractivity contribution in [3.05, 3.63) is 58.6 Å². The summed E-state index contributed by atoms with van der Waals surface area (Å²) in [7, 11) is 1.66. The number of rotatable bonds is 5. The normalized spacial score (nSPS) is 10.3. The van der Waals surface area contributed by atoms with Crippen molar-refractivity contribution in [3.8, 4) is 5.75 Å². The van der Waals surface area contributed by atoms with Crippen LogP contribution in [0.2, 0.25) is 5.02 Å². The molecule has 0 aliphatic heterocycles. The maximum absolute atomic E-state index is 7.39. The van der Waals surface area contributed by atoms with Crippen LogP contribution in [-0.4, -0.2) is 12.9 Å². The molecular weight excluding hydrogens is 292 g/mol. The predicted molar refractivity (Wildman–Crippen MR) is 85.0 cm³/mol. The lowest BCUT2D eigenvalue weighted by Crippen LogP contribution is -2.10. The number of halogens is 1. The number of nitrogens with one attached hydrogen (secondary N) is 1. The van der Waals surface area contributed by atoms with E-state index in [2.05, 4.69) is 0 Å². The highest BCUT2D eigenvalue weighted by atomic mass is 35.5. The van der Waals surface area contributed by atoms with Crippen LogP contribution in [0.3, 0.4) is 0 Å². The molecule has 0 aromatic heterocycles. The quantitative estimate of drug-likeness (QED) is 0.500. The van der Waals surface area contributed by atoms with Crippen LogP contribution in [0.4, 0.5) is 0 Å². The Morgan fingerprint density at radius 1 is 1.30 bits per heavy atom. The van der Waals surface area contributed by atoms with Crippen LogP contribution in [0.1, 0.15) is 11.1 Å². The first kappa shape index (κ1) is 14.8. The lowest BCUT2D eigenvalue weighted by Gasteiger charge is -2.09. The summed E-state index contributed by atoms with van der Waals surface area (Å²) in [6.07, 6.45) is 0. The predicted octanol–water partition coefficient (Wildman–Crippen LogP) is 3.92. The highest BCUT2D eigenvalue weighted by molar-refractivity contribution is 7.98. The van der Waals surface area contributed by atoms with Crippen molar-refractivity contribution in [1.82, 2.24) is 0 Å². The first-order valence-electron chi connectivity index (χ1n) is 6.00. The van der Waals surface area contributed by atoms with Crippen LogP contribution < -0.4 is 10.5 Å². The molecule has 3 N–H and O–H groups in total. The number of nitrogen functional groups attached to an aromatic ring is 1. The third-order valence-electron chi connectivity index (χ3n) is 2.82. The van der Waals surface area contributed by atoms with Gasteiger partial charge in [-0.3, -0.25) is 5.41 Å². The van der Waals surface area contributed by atoms with Crippen molar-refractivity contribution in [3.63, 3.8) is 0 Å². The molecule has 5 heteroatoms. The van der Waals surface area contributed by atoms with Crippen LogP contribution in [0.5, 0.6) is 5.75 Å². The number of thioether (sulfide) groups is 1. The summed E-state index contributed by atoms with van der Waals surface area (Å²) in [6.45, 7) is 0. The van der Waals surface area contributed by atoms with E-state index in [-0.39, 0.29) is 5.84 Å². The molecule has 0 fully saturated rings. The summed E-state index contributed by atoms with van der Waals surface area (Å²) in [6, 6.07) is 13.3. The summed E-state index contributed by atoms with van der Waals surface area (Å²) < 4.78 is 5.32. The molecule has 0 bridgehead atoms. The Balaban J connectivity index is 2.13. The second kappa shape index (κ2) is 6.68. The Morgan fingerprint density at radius 2 is 2.05 bits per heavy atom. The maximum atomic E-state index is 7.39. The molecule has 0 aliphatic carbocycles.